The number of rotatable bonds is 2. The molecule has 0 rings (SSSR count). The average Bonchev–Trinajstić information content (AvgIpc) is 1.35. The highest BCUT2D eigenvalue weighted by Gasteiger charge is 1.82. The molecule has 38 valence electrons. The summed E-state index contributed by atoms with van der Waals surface area (Å²) in [4.78, 5) is 0. The molecule has 0 amide bonds. The van der Waals surface area contributed by atoms with Crippen LogP contribution < -0.4 is 4.72 Å². The maximum absolute atomic E-state index is 3.12. The Morgan fingerprint density at radius 2 is 2.00 bits per heavy atom. The Labute approximate surface area is 43.6 Å². The average molecular weight is 105 g/mol. The molecule has 6 heavy (non-hydrogen) atoms. The van der Waals surface area contributed by atoms with Crippen molar-refractivity contribution in [3.63, 3.8) is 0 Å². The van der Waals surface area contributed by atoms with Gasteiger partial charge in [-0.3, -0.25) is 4.72 Å². The standard InChI is InChI=1S/C4H11NS/c1-4(2)5-6-3/h4-5H,1-3H3. The first-order valence-electron chi connectivity index (χ1n) is 2.06. The quantitative estimate of drug-likeness (QED) is 0.531. The van der Waals surface area contributed by atoms with E-state index < -0.39 is 0 Å². The summed E-state index contributed by atoms with van der Waals surface area (Å²) < 4.78 is 3.12. The first-order chi connectivity index (χ1) is 2.77. The van der Waals surface area contributed by atoms with Gasteiger partial charge in [0.15, 0.2) is 0 Å². The van der Waals surface area contributed by atoms with Crippen molar-refractivity contribution < 1.29 is 0 Å². The normalized spacial score (nSPS) is 10.0. The molecule has 2 heteroatoms. The highest BCUT2D eigenvalue weighted by atomic mass is 32.2. The first kappa shape index (κ1) is 6.31. The fourth-order valence-corrected chi connectivity index (χ4v) is 0.707. The van der Waals surface area contributed by atoms with E-state index in [1.54, 1.807) is 11.9 Å². The highest BCUT2D eigenvalue weighted by molar-refractivity contribution is 7.96. The van der Waals surface area contributed by atoms with Crippen molar-refractivity contribution in [3.05, 3.63) is 0 Å². The lowest BCUT2D eigenvalue weighted by Gasteiger charge is -1.99. The monoisotopic (exact) mass is 105 g/mol. The number of hydrogen-bond donors (Lipinski definition) is 1. The fourth-order valence-electron chi connectivity index (χ4n) is 0.236. The van der Waals surface area contributed by atoms with Crippen LogP contribution in [-0.4, -0.2) is 12.3 Å². The lowest BCUT2D eigenvalue weighted by molar-refractivity contribution is 0.773. The molecule has 0 saturated carbocycles. The molecule has 1 N–H and O–H groups in total. The van der Waals surface area contributed by atoms with E-state index in [1.807, 2.05) is 6.26 Å². The minimum Gasteiger partial charge on any atom is -0.262 e. The van der Waals surface area contributed by atoms with E-state index in [0.29, 0.717) is 6.04 Å². The molecule has 0 aliphatic carbocycles. The van der Waals surface area contributed by atoms with Gasteiger partial charge in [0.25, 0.3) is 0 Å². The Hall–Kier alpha value is 0.310. The zero-order valence-electron chi connectivity index (χ0n) is 4.49. The molecule has 0 fully saturated rings. The summed E-state index contributed by atoms with van der Waals surface area (Å²) in [5, 5.41) is 0. The van der Waals surface area contributed by atoms with Crippen molar-refractivity contribution in [1.82, 2.24) is 4.72 Å². The maximum atomic E-state index is 3.12. The van der Waals surface area contributed by atoms with Gasteiger partial charge in [0.05, 0.1) is 0 Å². The topological polar surface area (TPSA) is 12.0 Å². The molecule has 0 aromatic rings. The molecule has 0 heterocycles. The van der Waals surface area contributed by atoms with E-state index in [2.05, 4.69) is 18.6 Å². The second-order valence-corrected chi connectivity index (χ2v) is 2.12. The van der Waals surface area contributed by atoms with Crippen LogP contribution in [0.15, 0.2) is 0 Å². The second-order valence-electron chi connectivity index (χ2n) is 1.48. The van der Waals surface area contributed by atoms with Crippen LogP contribution in [0.1, 0.15) is 13.8 Å². The molecule has 0 spiro atoms. The van der Waals surface area contributed by atoms with Gasteiger partial charge >= 0.3 is 0 Å². The molecule has 0 aliphatic rings. The zero-order valence-corrected chi connectivity index (χ0v) is 5.30. The van der Waals surface area contributed by atoms with Gasteiger partial charge in [0, 0.05) is 6.04 Å². The van der Waals surface area contributed by atoms with Gasteiger partial charge in [0.1, 0.15) is 0 Å². The van der Waals surface area contributed by atoms with Gasteiger partial charge in [-0.2, -0.15) is 0 Å². The molecular formula is C4H11NS. The van der Waals surface area contributed by atoms with E-state index in [4.69, 9.17) is 0 Å². The van der Waals surface area contributed by atoms with Crippen molar-refractivity contribution >= 4 is 11.9 Å². The van der Waals surface area contributed by atoms with Crippen molar-refractivity contribution in [2.45, 2.75) is 19.9 Å². The predicted octanol–water partition coefficient (Wildman–Crippen LogP) is 1.26. The van der Waals surface area contributed by atoms with Gasteiger partial charge in [-0.25, -0.2) is 0 Å². The van der Waals surface area contributed by atoms with E-state index in [9.17, 15) is 0 Å². The zero-order chi connectivity index (χ0) is 4.99. The Kier molecular flexibility index (Phi) is 3.68. The predicted molar refractivity (Wildman–Crippen MR) is 31.8 cm³/mol. The van der Waals surface area contributed by atoms with Crippen LogP contribution >= 0.6 is 11.9 Å². The van der Waals surface area contributed by atoms with Gasteiger partial charge in [-0.05, 0) is 20.1 Å². The van der Waals surface area contributed by atoms with Gasteiger partial charge in [0.2, 0.25) is 0 Å². The third kappa shape index (κ3) is 4.31. The van der Waals surface area contributed by atoms with Crippen molar-refractivity contribution in [2.75, 3.05) is 6.26 Å². The maximum Gasteiger partial charge on any atom is 0.0115 e. The van der Waals surface area contributed by atoms with Crippen molar-refractivity contribution in [3.8, 4) is 0 Å². The Morgan fingerprint density at radius 1 is 1.50 bits per heavy atom. The molecule has 0 radical (unpaired) electrons. The van der Waals surface area contributed by atoms with Gasteiger partial charge in [-0.15, -0.1) is 0 Å². The minimum atomic E-state index is 0.611. The van der Waals surface area contributed by atoms with Crippen LogP contribution in [0.25, 0.3) is 0 Å². The van der Waals surface area contributed by atoms with Crippen molar-refractivity contribution in [2.24, 2.45) is 0 Å². The smallest absolute Gasteiger partial charge is 0.0115 e. The molecular weight excluding hydrogens is 94.1 g/mol. The third-order valence-corrected chi connectivity index (χ3v) is 1.06. The highest BCUT2D eigenvalue weighted by Crippen LogP contribution is 1.85. The summed E-state index contributed by atoms with van der Waals surface area (Å²) in [5.41, 5.74) is 0. The van der Waals surface area contributed by atoms with Gasteiger partial charge < -0.3 is 0 Å². The Morgan fingerprint density at radius 3 is 2.00 bits per heavy atom. The number of hydrogen-bond acceptors (Lipinski definition) is 2. The van der Waals surface area contributed by atoms with E-state index in [1.165, 1.54) is 0 Å². The molecule has 0 saturated heterocycles. The summed E-state index contributed by atoms with van der Waals surface area (Å²) >= 11 is 1.66. The summed E-state index contributed by atoms with van der Waals surface area (Å²) in [7, 11) is 0. The van der Waals surface area contributed by atoms with E-state index in [-0.39, 0.29) is 0 Å². The second kappa shape index (κ2) is 3.50. The third-order valence-electron chi connectivity index (χ3n) is 0.354. The molecule has 0 unspecified atom stereocenters. The molecule has 0 aromatic heterocycles. The molecule has 1 nitrogen and oxygen atoms in total. The number of nitrogens with one attached hydrogen (secondary N) is 1. The van der Waals surface area contributed by atoms with Crippen LogP contribution in [0.4, 0.5) is 0 Å². The van der Waals surface area contributed by atoms with Crippen LogP contribution in [-0.2, 0) is 0 Å². The lowest BCUT2D eigenvalue weighted by atomic mass is 10.4. The van der Waals surface area contributed by atoms with E-state index >= 15 is 0 Å². The summed E-state index contributed by atoms with van der Waals surface area (Å²) in [5.74, 6) is 0. The SMILES string of the molecule is CSNC(C)C. The first-order valence-corrected chi connectivity index (χ1v) is 3.28. The Bertz CT molecular complexity index is 28.7. The largest absolute Gasteiger partial charge is 0.262 e. The summed E-state index contributed by atoms with van der Waals surface area (Å²) in [6, 6.07) is 0.611. The van der Waals surface area contributed by atoms with Crippen LogP contribution in [0, 0.1) is 0 Å². The molecule has 0 bridgehead atoms. The van der Waals surface area contributed by atoms with Crippen LogP contribution in [0.5, 0.6) is 0 Å². The molecule has 0 aromatic carbocycles. The van der Waals surface area contributed by atoms with E-state index in [0.717, 1.165) is 0 Å². The van der Waals surface area contributed by atoms with Gasteiger partial charge in [-0.1, -0.05) is 11.9 Å². The molecule has 0 atom stereocenters. The lowest BCUT2D eigenvalue weighted by Crippen LogP contribution is -2.12. The fraction of sp³-hybridized carbons (Fsp3) is 1.00. The van der Waals surface area contributed by atoms with Crippen molar-refractivity contribution in [1.29, 1.82) is 0 Å². The minimum absolute atomic E-state index is 0.611. The summed E-state index contributed by atoms with van der Waals surface area (Å²) in [6.45, 7) is 4.24. The summed E-state index contributed by atoms with van der Waals surface area (Å²) in [6.07, 6.45) is 2.03. The van der Waals surface area contributed by atoms with Crippen LogP contribution in [0.2, 0.25) is 0 Å². The Balaban J connectivity index is 2.63. The van der Waals surface area contributed by atoms with Crippen LogP contribution in [0.3, 0.4) is 0 Å². The molecule has 0 aliphatic heterocycles.